The highest BCUT2D eigenvalue weighted by atomic mass is 16.5. The number of nitrogens with zero attached hydrogens (tertiary/aromatic N) is 1. The fraction of sp³-hybridized carbons (Fsp3) is 0.115. The number of methoxy groups -OCH3 is 1. The number of fused-ring (bicyclic) bond motifs is 3. The summed E-state index contributed by atoms with van der Waals surface area (Å²) in [5.41, 5.74) is 8.73. The fourth-order valence-electron chi connectivity index (χ4n) is 3.78. The molecule has 0 saturated heterocycles. The summed E-state index contributed by atoms with van der Waals surface area (Å²) in [7, 11) is 1.68. The summed E-state index contributed by atoms with van der Waals surface area (Å²) in [6.45, 7) is 2.61. The van der Waals surface area contributed by atoms with Gasteiger partial charge in [-0.1, -0.05) is 54.1 Å². The summed E-state index contributed by atoms with van der Waals surface area (Å²) < 4.78 is 11.4. The van der Waals surface area contributed by atoms with Gasteiger partial charge in [0.2, 0.25) is 0 Å². The summed E-state index contributed by atoms with van der Waals surface area (Å²) in [5, 5.41) is 0. The van der Waals surface area contributed by atoms with Gasteiger partial charge in [0, 0.05) is 16.7 Å². The van der Waals surface area contributed by atoms with Crippen LogP contribution >= 0.6 is 0 Å². The minimum atomic E-state index is 0.509. The van der Waals surface area contributed by atoms with Crippen LogP contribution in [0.4, 0.5) is 0 Å². The van der Waals surface area contributed by atoms with Crippen LogP contribution in [0.5, 0.6) is 11.5 Å². The Morgan fingerprint density at radius 1 is 0.828 bits per heavy atom. The van der Waals surface area contributed by atoms with Gasteiger partial charge < -0.3 is 9.47 Å². The molecule has 2 heterocycles. The number of aromatic nitrogens is 1. The van der Waals surface area contributed by atoms with Crippen LogP contribution in [0.1, 0.15) is 11.1 Å². The molecule has 3 aromatic carbocycles. The molecule has 0 atom stereocenters. The van der Waals surface area contributed by atoms with Crippen LogP contribution in [0.15, 0.2) is 78.9 Å². The van der Waals surface area contributed by atoms with E-state index >= 15 is 0 Å². The number of hydrogen-bond acceptors (Lipinski definition) is 3. The minimum absolute atomic E-state index is 0.509. The SMILES string of the molecule is COc1ccc(-c2cc(-c3ccc(C)cc3)nc3c2COc2ccccc2-3)cc1. The fourth-order valence-corrected chi connectivity index (χ4v) is 3.78. The molecule has 142 valence electrons. The van der Waals surface area contributed by atoms with Gasteiger partial charge in [0.05, 0.1) is 18.5 Å². The summed E-state index contributed by atoms with van der Waals surface area (Å²) in [5.74, 6) is 1.73. The van der Waals surface area contributed by atoms with E-state index in [1.807, 2.05) is 30.3 Å². The van der Waals surface area contributed by atoms with Gasteiger partial charge >= 0.3 is 0 Å². The summed E-state index contributed by atoms with van der Waals surface area (Å²) >= 11 is 0. The Bertz CT molecular complexity index is 1180. The van der Waals surface area contributed by atoms with Crippen LogP contribution in [0.25, 0.3) is 33.6 Å². The molecule has 0 radical (unpaired) electrons. The Kier molecular flexibility index (Phi) is 4.28. The van der Waals surface area contributed by atoms with Crippen molar-refractivity contribution >= 4 is 0 Å². The van der Waals surface area contributed by atoms with Crippen LogP contribution in [0, 0.1) is 6.92 Å². The van der Waals surface area contributed by atoms with E-state index < -0.39 is 0 Å². The van der Waals surface area contributed by atoms with Crippen LogP contribution < -0.4 is 9.47 Å². The number of para-hydroxylation sites is 1. The topological polar surface area (TPSA) is 31.4 Å². The Balaban J connectivity index is 1.75. The maximum absolute atomic E-state index is 6.05. The zero-order valence-corrected chi connectivity index (χ0v) is 16.5. The molecule has 0 fully saturated rings. The number of hydrogen-bond donors (Lipinski definition) is 0. The molecule has 1 aliphatic heterocycles. The Hall–Kier alpha value is -3.59. The predicted molar refractivity (Wildman–Crippen MR) is 116 cm³/mol. The third-order valence-electron chi connectivity index (χ3n) is 5.39. The van der Waals surface area contributed by atoms with E-state index in [1.165, 1.54) is 5.56 Å². The lowest BCUT2D eigenvalue weighted by Crippen LogP contribution is -2.09. The lowest BCUT2D eigenvalue weighted by molar-refractivity contribution is 0.302. The van der Waals surface area contributed by atoms with E-state index in [1.54, 1.807) is 7.11 Å². The zero-order chi connectivity index (χ0) is 19.8. The van der Waals surface area contributed by atoms with E-state index in [-0.39, 0.29) is 0 Å². The van der Waals surface area contributed by atoms with Gasteiger partial charge in [-0.2, -0.15) is 0 Å². The van der Waals surface area contributed by atoms with Crippen LogP contribution in [0.2, 0.25) is 0 Å². The Morgan fingerprint density at radius 2 is 1.55 bits per heavy atom. The van der Waals surface area contributed by atoms with E-state index in [2.05, 4.69) is 55.5 Å². The van der Waals surface area contributed by atoms with Gasteiger partial charge in [0.15, 0.2) is 0 Å². The second-order valence-electron chi connectivity index (χ2n) is 7.26. The van der Waals surface area contributed by atoms with Crippen molar-refractivity contribution in [3.63, 3.8) is 0 Å². The second kappa shape index (κ2) is 7.10. The standard InChI is InChI=1S/C26H21NO2/c1-17-7-9-19(10-8-17)24-15-22(18-11-13-20(28-2)14-12-18)23-16-29-25-6-4-3-5-21(25)26(23)27-24/h3-15H,16H2,1-2H3. The molecule has 5 rings (SSSR count). The maximum Gasteiger partial charge on any atom is 0.129 e. The van der Waals surface area contributed by atoms with Gasteiger partial charge in [-0.3, -0.25) is 0 Å². The van der Waals surface area contributed by atoms with Crippen molar-refractivity contribution in [2.75, 3.05) is 7.11 Å². The second-order valence-corrected chi connectivity index (χ2v) is 7.26. The van der Waals surface area contributed by atoms with Crippen molar-refractivity contribution in [2.45, 2.75) is 13.5 Å². The van der Waals surface area contributed by atoms with Crippen molar-refractivity contribution in [3.05, 3.63) is 90.0 Å². The van der Waals surface area contributed by atoms with Gasteiger partial charge in [0.25, 0.3) is 0 Å². The summed E-state index contributed by atoms with van der Waals surface area (Å²) in [6.07, 6.45) is 0. The quantitative estimate of drug-likeness (QED) is 0.419. The first-order chi connectivity index (χ1) is 14.2. The van der Waals surface area contributed by atoms with Gasteiger partial charge in [0.1, 0.15) is 18.1 Å². The average molecular weight is 379 g/mol. The lowest BCUT2D eigenvalue weighted by Gasteiger charge is -2.23. The Labute approximate surface area is 170 Å². The lowest BCUT2D eigenvalue weighted by atomic mass is 9.92. The van der Waals surface area contributed by atoms with E-state index in [4.69, 9.17) is 14.5 Å². The molecule has 3 nitrogen and oxygen atoms in total. The molecule has 0 unspecified atom stereocenters. The molecule has 0 aliphatic carbocycles. The molecule has 4 aromatic rings. The van der Waals surface area contributed by atoms with Gasteiger partial charge in [-0.25, -0.2) is 4.98 Å². The molecular weight excluding hydrogens is 358 g/mol. The molecule has 29 heavy (non-hydrogen) atoms. The van der Waals surface area contributed by atoms with E-state index in [0.29, 0.717) is 6.61 Å². The minimum Gasteiger partial charge on any atom is -0.497 e. The smallest absolute Gasteiger partial charge is 0.129 e. The number of rotatable bonds is 3. The highest BCUT2D eigenvalue weighted by Crippen LogP contribution is 2.42. The first-order valence-corrected chi connectivity index (χ1v) is 9.70. The molecule has 1 aromatic heterocycles. The summed E-state index contributed by atoms with van der Waals surface area (Å²) in [6, 6.07) is 27.0. The number of pyridine rings is 1. The van der Waals surface area contributed by atoms with Gasteiger partial charge in [-0.05, 0) is 48.4 Å². The largest absolute Gasteiger partial charge is 0.497 e. The third-order valence-corrected chi connectivity index (χ3v) is 5.39. The van der Waals surface area contributed by atoms with Crippen molar-refractivity contribution in [1.82, 2.24) is 4.98 Å². The molecule has 0 spiro atoms. The highest BCUT2D eigenvalue weighted by Gasteiger charge is 2.23. The first-order valence-electron chi connectivity index (χ1n) is 9.70. The molecule has 3 heteroatoms. The Morgan fingerprint density at radius 3 is 2.31 bits per heavy atom. The van der Waals surface area contributed by atoms with Crippen molar-refractivity contribution in [3.8, 4) is 45.1 Å². The van der Waals surface area contributed by atoms with Crippen LogP contribution in [-0.2, 0) is 6.61 Å². The molecular formula is C26H21NO2. The maximum atomic E-state index is 6.05. The highest BCUT2D eigenvalue weighted by molar-refractivity contribution is 5.83. The molecule has 1 aliphatic rings. The van der Waals surface area contributed by atoms with E-state index in [9.17, 15) is 0 Å². The number of benzene rings is 3. The van der Waals surface area contributed by atoms with E-state index in [0.717, 1.165) is 50.7 Å². The van der Waals surface area contributed by atoms with Crippen LogP contribution in [-0.4, -0.2) is 12.1 Å². The monoisotopic (exact) mass is 379 g/mol. The van der Waals surface area contributed by atoms with Crippen molar-refractivity contribution < 1.29 is 9.47 Å². The van der Waals surface area contributed by atoms with Crippen molar-refractivity contribution in [2.24, 2.45) is 0 Å². The predicted octanol–water partition coefficient (Wildman–Crippen LogP) is 6.29. The first kappa shape index (κ1) is 17.5. The van der Waals surface area contributed by atoms with Gasteiger partial charge in [-0.15, -0.1) is 0 Å². The normalized spacial score (nSPS) is 11.9. The number of aryl methyl sites for hydroxylation is 1. The molecule has 0 N–H and O–H groups in total. The van der Waals surface area contributed by atoms with Crippen molar-refractivity contribution in [1.29, 1.82) is 0 Å². The van der Waals surface area contributed by atoms with Crippen LogP contribution in [0.3, 0.4) is 0 Å². The molecule has 0 saturated carbocycles. The average Bonchev–Trinajstić information content (AvgIpc) is 2.79. The molecule has 0 amide bonds. The third kappa shape index (κ3) is 3.15. The zero-order valence-electron chi connectivity index (χ0n) is 16.5. The molecule has 0 bridgehead atoms. The summed E-state index contributed by atoms with van der Waals surface area (Å²) in [4.78, 5) is 5.07. The number of ether oxygens (including phenoxy) is 2.